The van der Waals surface area contributed by atoms with Gasteiger partial charge in [0.25, 0.3) is 5.91 Å². The number of rotatable bonds is 1. The standard InChI is InChI=1S/C12H15BrN2O/c1-9-8-15(6-5-14-9)12(16)10-3-2-4-11(13)7-10/h2-4,7,9,14H,5-6,8H2,1H3. The van der Waals surface area contributed by atoms with Gasteiger partial charge in [-0.05, 0) is 25.1 Å². The van der Waals surface area contributed by atoms with Crippen molar-refractivity contribution in [2.75, 3.05) is 19.6 Å². The molecule has 0 aliphatic carbocycles. The first-order valence-corrected chi connectivity index (χ1v) is 6.24. The number of benzene rings is 1. The highest BCUT2D eigenvalue weighted by atomic mass is 79.9. The van der Waals surface area contributed by atoms with Crippen LogP contribution in [0.25, 0.3) is 0 Å². The lowest BCUT2D eigenvalue weighted by atomic mass is 10.1. The van der Waals surface area contributed by atoms with E-state index in [2.05, 4.69) is 28.2 Å². The Labute approximate surface area is 104 Å². The van der Waals surface area contributed by atoms with Crippen molar-refractivity contribution in [2.24, 2.45) is 0 Å². The fourth-order valence-electron chi connectivity index (χ4n) is 1.92. The van der Waals surface area contributed by atoms with Crippen LogP contribution in [0.2, 0.25) is 0 Å². The molecule has 1 unspecified atom stereocenters. The van der Waals surface area contributed by atoms with Crippen LogP contribution in [0.1, 0.15) is 17.3 Å². The van der Waals surface area contributed by atoms with Crippen LogP contribution in [-0.2, 0) is 0 Å². The molecule has 2 rings (SSSR count). The molecule has 0 radical (unpaired) electrons. The number of carbonyl (C=O) groups is 1. The zero-order valence-corrected chi connectivity index (χ0v) is 10.8. The van der Waals surface area contributed by atoms with Crippen molar-refractivity contribution < 1.29 is 4.79 Å². The van der Waals surface area contributed by atoms with Gasteiger partial charge in [0.05, 0.1) is 0 Å². The summed E-state index contributed by atoms with van der Waals surface area (Å²) in [5, 5.41) is 3.33. The van der Waals surface area contributed by atoms with Crippen LogP contribution >= 0.6 is 15.9 Å². The molecule has 1 fully saturated rings. The maximum absolute atomic E-state index is 12.2. The molecule has 1 N–H and O–H groups in total. The molecule has 86 valence electrons. The highest BCUT2D eigenvalue weighted by Crippen LogP contribution is 2.14. The van der Waals surface area contributed by atoms with Gasteiger partial charge in [0, 0.05) is 35.7 Å². The van der Waals surface area contributed by atoms with Gasteiger partial charge < -0.3 is 10.2 Å². The monoisotopic (exact) mass is 282 g/mol. The number of nitrogens with one attached hydrogen (secondary N) is 1. The van der Waals surface area contributed by atoms with E-state index in [0.29, 0.717) is 6.04 Å². The quantitative estimate of drug-likeness (QED) is 0.853. The van der Waals surface area contributed by atoms with Gasteiger partial charge in [0.15, 0.2) is 0 Å². The van der Waals surface area contributed by atoms with Crippen molar-refractivity contribution in [3.05, 3.63) is 34.3 Å². The average molecular weight is 283 g/mol. The molecule has 0 bridgehead atoms. The highest BCUT2D eigenvalue weighted by molar-refractivity contribution is 9.10. The second-order valence-electron chi connectivity index (χ2n) is 4.12. The molecule has 1 aliphatic heterocycles. The second-order valence-corrected chi connectivity index (χ2v) is 5.03. The molecule has 0 spiro atoms. The lowest BCUT2D eigenvalue weighted by Crippen LogP contribution is -2.51. The Morgan fingerprint density at radius 2 is 2.38 bits per heavy atom. The van der Waals surface area contributed by atoms with E-state index in [9.17, 15) is 4.79 Å². The Hall–Kier alpha value is -0.870. The van der Waals surface area contributed by atoms with Crippen LogP contribution in [0.15, 0.2) is 28.7 Å². The van der Waals surface area contributed by atoms with Gasteiger partial charge in [-0.25, -0.2) is 0 Å². The molecule has 1 heterocycles. The number of halogens is 1. The number of nitrogens with zero attached hydrogens (tertiary/aromatic N) is 1. The summed E-state index contributed by atoms with van der Waals surface area (Å²) in [6.45, 7) is 4.54. The van der Waals surface area contributed by atoms with Gasteiger partial charge in [-0.1, -0.05) is 22.0 Å². The molecular weight excluding hydrogens is 268 g/mol. The molecule has 1 saturated heterocycles. The molecule has 0 saturated carbocycles. The van der Waals surface area contributed by atoms with Crippen molar-refractivity contribution in [3.63, 3.8) is 0 Å². The van der Waals surface area contributed by atoms with E-state index in [1.807, 2.05) is 29.2 Å². The molecule has 1 amide bonds. The number of carbonyl (C=O) groups excluding carboxylic acids is 1. The van der Waals surface area contributed by atoms with Crippen LogP contribution in [0.5, 0.6) is 0 Å². The van der Waals surface area contributed by atoms with Crippen molar-refractivity contribution in [2.45, 2.75) is 13.0 Å². The Morgan fingerprint density at radius 3 is 3.06 bits per heavy atom. The number of hydrogen-bond donors (Lipinski definition) is 1. The van der Waals surface area contributed by atoms with Crippen LogP contribution in [0.4, 0.5) is 0 Å². The minimum absolute atomic E-state index is 0.120. The maximum atomic E-state index is 12.2. The summed E-state index contributed by atoms with van der Waals surface area (Å²) in [5.41, 5.74) is 0.753. The molecule has 1 aromatic carbocycles. The topological polar surface area (TPSA) is 32.3 Å². The Bertz CT molecular complexity index is 394. The van der Waals surface area contributed by atoms with Gasteiger partial charge in [0.1, 0.15) is 0 Å². The van der Waals surface area contributed by atoms with Gasteiger partial charge in [-0.2, -0.15) is 0 Å². The molecule has 4 heteroatoms. The summed E-state index contributed by atoms with van der Waals surface area (Å²) in [6.07, 6.45) is 0. The summed E-state index contributed by atoms with van der Waals surface area (Å²) in [6, 6.07) is 7.93. The molecule has 0 aromatic heterocycles. The van der Waals surface area contributed by atoms with Gasteiger partial charge in [0.2, 0.25) is 0 Å². The predicted molar refractivity (Wildman–Crippen MR) is 67.5 cm³/mol. The Morgan fingerprint density at radius 1 is 1.56 bits per heavy atom. The van der Waals surface area contributed by atoms with E-state index in [-0.39, 0.29) is 5.91 Å². The average Bonchev–Trinajstić information content (AvgIpc) is 2.28. The van der Waals surface area contributed by atoms with E-state index in [4.69, 9.17) is 0 Å². The second kappa shape index (κ2) is 4.97. The zero-order chi connectivity index (χ0) is 11.5. The Kier molecular flexibility index (Phi) is 3.61. The largest absolute Gasteiger partial charge is 0.336 e. The van der Waals surface area contributed by atoms with E-state index in [1.54, 1.807) is 0 Å². The summed E-state index contributed by atoms with van der Waals surface area (Å²) >= 11 is 3.38. The zero-order valence-electron chi connectivity index (χ0n) is 9.24. The predicted octanol–water partition coefficient (Wildman–Crippen LogP) is 1.88. The smallest absolute Gasteiger partial charge is 0.253 e. The van der Waals surface area contributed by atoms with Crippen LogP contribution in [-0.4, -0.2) is 36.5 Å². The fraction of sp³-hybridized carbons (Fsp3) is 0.417. The van der Waals surface area contributed by atoms with Crippen molar-refractivity contribution in [3.8, 4) is 0 Å². The molecule has 16 heavy (non-hydrogen) atoms. The maximum Gasteiger partial charge on any atom is 0.253 e. The van der Waals surface area contributed by atoms with Crippen molar-refractivity contribution in [1.82, 2.24) is 10.2 Å². The number of piperazine rings is 1. The third-order valence-electron chi connectivity index (χ3n) is 2.73. The first-order valence-electron chi connectivity index (χ1n) is 5.45. The third kappa shape index (κ3) is 2.62. The van der Waals surface area contributed by atoms with E-state index in [1.165, 1.54) is 0 Å². The highest BCUT2D eigenvalue weighted by Gasteiger charge is 2.21. The molecule has 1 aliphatic rings. The van der Waals surface area contributed by atoms with Crippen LogP contribution in [0.3, 0.4) is 0 Å². The first-order chi connectivity index (χ1) is 7.66. The number of amides is 1. The summed E-state index contributed by atoms with van der Waals surface area (Å²) in [5.74, 6) is 0.120. The fourth-order valence-corrected chi connectivity index (χ4v) is 2.32. The van der Waals surface area contributed by atoms with Crippen molar-refractivity contribution >= 4 is 21.8 Å². The van der Waals surface area contributed by atoms with E-state index >= 15 is 0 Å². The van der Waals surface area contributed by atoms with Gasteiger partial charge in [-0.15, -0.1) is 0 Å². The summed E-state index contributed by atoms with van der Waals surface area (Å²) in [4.78, 5) is 14.1. The van der Waals surface area contributed by atoms with Crippen LogP contribution in [0, 0.1) is 0 Å². The molecule has 1 aromatic rings. The SMILES string of the molecule is CC1CN(C(=O)c2cccc(Br)c2)CCN1. The lowest BCUT2D eigenvalue weighted by Gasteiger charge is -2.32. The molecule has 3 nitrogen and oxygen atoms in total. The molecule has 1 atom stereocenters. The first kappa shape index (κ1) is 11.6. The van der Waals surface area contributed by atoms with E-state index < -0.39 is 0 Å². The minimum Gasteiger partial charge on any atom is -0.336 e. The normalized spacial score (nSPS) is 20.9. The summed E-state index contributed by atoms with van der Waals surface area (Å²) in [7, 11) is 0. The Balaban J connectivity index is 2.12. The third-order valence-corrected chi connectivity index (χ3v) is 3.22. The van der Waals surface area contributed by atoms with Gasteiger partial charge >= 0.3 is 0 Å². The van der Waals surface area contributed by atoms with Crippen molar-refractivity contribution in [1.29, 1.82) is 0 Å². The van der Waals surface area contributed by atoms with Crippen LogP contribution < -0.4 is 5.32 Å². The summed E-state index contributed by atoms with van der Waals surface area (Å²) < 4.78 is 0.946. The number of hydrogen-bond acceptors (Lipinski definition) is 2. The lowest BCUT2D eigenvalue weighted by molar-refractivity contribution is 0.0709. The van der Waals surface area contributed by atoms with Gasteiger partial charge in [-0.3, -0.25) is 4.79 Å². The minimum atomic E-state index is 0.120. The van der Waals surface area contributed by atoms with E-state index in [0.717, 1.165) is 29.7 Å². The molecular formula is C12H15BrN2O.